The van der Waals surface area contributed by atoms with E-state index in [4.69, 9.17) is 16.3 Å². The topological polar surface area (TPSA) is 80.3 Å². The summed E-state index contributed by atoms with van der Waals surface area (Å²) in [6, 6.07) is 6.44. The van der Waals surface area contributed by atoms with Crippen LogP contribution in [0.15, 0.2) is 29.6 Å². The van der Waals surface area contributed by atoms with E-state index in [1.165, 1.54) is 11.3 Å². The summed E-state index contributed by atoms with van der Waals surface area (Å²) in [7, 11) is 0. The van der Waals surface area contributed by atoms with E-state index in [0.717, 1.165) is 10.7 Å². The summed E-state index contributed by atoms with van der Waals surface area (Å²) >= 11 is 7.73. The summed E-state index contributed by atoms with van der Waals surface area (Å²) in [6.07, 6.45) is -0.845. The molecule has 0 bridgehead atoms. The van der Waals surface area contributed by atoms with Gasteiger partial charge in [-0.2, -0.15) is 0 Å². The molecule has 3 rings (SSSR count). The second-order valence-corrected chi connectivity index (χ2v) is 6.84. The van der Waals surface area contributed by atoms with Crippen LogP contribution in [0.25, 0.3) is 0 Å². The number of amides is 2. The van der Waals surface area contributed by atoms with Crippen LogP contribution < -0.4 is 10.6 Å². The normalized spacial score (nSPS) is 20.5. The molecule has 0 saturated carbocycles. The molecule has 0 unspecified atom stereocenters. The first-order valence-electron chi connectivity index (χ1n) is 7.38. The molecule has 1 aromatic heterocycles. The van der Waals surface area contributed by atoms with E-state index in [1.807, 2.05) is 12.3 Å². The number of carbonyl (C=O) groups excluding carboxylic acids is 2. The van der Waals surface area contributed by atoms with E-state index in [0.29, 0.717) is 17.1 Å². The first kappa shape index (κ1) is 16.9. The highest BCUT2D eigenvalue weighted by molar-refractivity contribution is 7.09. The number of morpholine rings is 1. The number of ether oxygens (including phenoxy) is 1. The van der Waals surface area contributed by atoms with Gasteiger partial charge in [0.1, 0.15) is 6.61 Å². The Morgan fingerprint density at radius 3 is 3.00 bits per heavy atom. The number of nitrogens with zero attached hydrogens (tertiary/aromatic N) is 1. The van der Waals surface area contributed by atoms with Crippen molar-refractivity contribution in [3.05, 3.63) is 50.9 Å². The molecule has 6 nitrogen and oxygen atoms in total. The van der Waals surface area contributed by atoms with Crippen molar-refractivity contribution in [2.45, 2.75) is 25.6 Å². The Bertz CT molecular complexity index is 765. The van der Waals surface area contributed by atoms with Crippen LogP contribution in [0.2, 0.25) is 5.02 Å². The number of aromatic nitrogens is 1. The maximum atomic E-state index is 12.5. The highest BCUT2D eigenvalue weighted by Gasteiger charge is 2.36. The predicted molar refractivity (Wildman–Crippen MR) is 90.8 cm³/mol. The number of aryl methyl sites for hydroxylation is 1. The van der Waals surface area contributed by atoms with Crippen LogP contribution in [0.1, 0.15) is 22.3 Å². The number of nitrogens with one attached hydrogen (secondary N) is 2. The average molecular weight is 366 g/mol. The summed E-state index contributed by atoms with van der Waals surface area (Å²) in [5.41, 5.74) is 1.44. The van der Waals surface area contributed by atoms with Crippen molar-refractivity contribution in [1.82, 2.24) is 15.6 Å². The van der Waals surface area contributed by atoms with Crippen molar-refractivity contribution in [3.63, 3.8) is 0 Å². The molecule has 2 aromatic rings. The third kappa shape index (κ3) is 3.75. The number of halogens is 1. The Hall–Kier alpha value is -1.96. The summed E-state index contributed by atoms with van der Waals surface area (Å²) in [5.74, 6) is -0.593. The smallest absolute Gasteiger partial charge is 0.251 e. The molecule has 0 aliphatic carbocycles. The van der Waals surface area contributed by atoms with Gasteiger partial charge in [-0.25, -0.2) is 4.98 Å². The maximum absolute atomic E-state index is 12.5. The van der Waals surface area contributed by atoms with Crippen molar-refractivity contribution in [1.29, 1.82) is 0 Å². The van der Waals surface area contributed by atoms with Gasteiger partial charge in [-0.3, -0.25) is 9.59 Å². The van der Waals surface area contributed by atoms with E-state index >= 15 is 0 Å². The largest absolute Gasteiger partial charge is 0.356 e. The lowest BCUT2D eigenvalue weighted by molar-refractivity contribution is -0.148. The first-order chi connectivity index (χ1) is 11.5. The fraction of sp³-hybridized carbons (Fsp3) is 0.312. The molecule has 8 heteroatoms. The zero-order chi connectivity index (χ0) is 17.1. The third-order valence-electron chi connectivity index (χ3n) is 3.62. The quantitative estimate of drug-likeness (QED) is 0.868. The molecule has 0 spiro atoms. The molecule has 1 saturated heterocycles. The van der Waals surface area contributed by atoms with Crippen LogP contribution >= 0.6 is 22.9 Å². The van der Waals surface area contributed by atoms with Gasteiger partial charge in [-0.05, 0) is 18.6 Å². The summed E-state index contributed by atoms with van der Waals surface area (Å²) < 4.78 is 5.47. The van der Waals surface area contributed by atoms with Gasteiger partial charge in [-0.15, -0.1) is 11.3 Å². The molecule has 1 fully saturated rings. The molecule has 126 valence electrons. The molecule has 2 amide bonds. The zero-order valence-corrected chi connectivity index (χ0v) is 14.5. The van der Waals surface area contributed by atoms with E-state index in [9.17, 15) is 9.59 Å². The Kier molecular flexibility index (Phi) is 5.13. The molecule has 2 heterocycles. The van der Waals surface area contributed by atoms with Crippen LogP contribution in [-0.4, -0.2) is 29.5 Å². The minimum Gasteiger partial charge on any atom is -0.356 e. The van der Waals surface area contributed by atoms with Crippen molar-refractivity contribution >= 4 is 34.8 Å². The van der Waals surface area contributed by atoms with Crippen molar-refractivity contribution in [2.24, 2.45) is 0 Å². The minimum atomic E-state index is -0.845. The van der Waals surface area contributed by atoms with Gasteiger partial charge in [-0.1, -0.05) is 29.8 Å². The molecule has 2 atom stereocenters. The molecule has 1 aromatic carbocycles. The minimum absolute atomic E-state index is 0.158. The van der Waals surface area contributed by atoms with Crippen LogP contribution in [0.3, 0.4) is 0 Å². The molecule has 2 N–H and O–H groups in total. The molecule has 0 radical (unpaired) electrons. The van der Waals surface area contributed by atoms with Crippen molar-refractivity contribution in [3.8, 4) is 0 Å². The average Bonchev–Trinajstić information content (AvgIpc) is 2.98. The fourth-order valence-electron chi connectivity index (χ4n) is 2.52. The molecule has 1 aliphatic heterocycles. The van der Waals surface area contributed by atoms with Crippen LogP contribution in [0.4, 0.5) is 0 Å². The summed E-state index contributed by atoms with van der Waals surface area (Å²) in [6.45, 7) is 2.06. The Balaban J connectivity index is 1.74. The molecule has 1 aliphatic rings. The lowest BCUT2D eigenvalue weighted by atomic mass is 9.99. The summed E-state index contributed by atoms with van der Waals surface area (Å²) in [4.78, 5) is 28.5. The van der Waals surface area contributed by atoms with Gasteiger partial charge in [0.25, 0.3) is 5.91 Å². The number of hydrogen-bond acceptors (Lipinski definition) is 5. The highest BCUT2D eigenvalue weighted by atomic mass is 35.5. The highest BCUT2D eigenvalue weighted by Crippen LogP contribution is 2.28. The first-order valence-corrected chi connectivity index (χ1v) is 8.64. The van der Waals surface area contributed by atoms with E-state index < -0.39 is 12.1 Å². The number of hydrogen-bond donors (Lipinski definition) is 2. The second kappa shape index (κ2) is 7.29. The SMILES string of the molecule is Cc1nc(CNC(=O)[C@H]2OCC(=O)N[C@@H]2c2ccccc2Cl)cs1. The van der Waals surface area contributed by atoms with Crippen LogP contribution in [0, 0.1) is 6.92 Å². The van der Waals surface area contributed by atoms with Gasteiger partial charge in [0.15, 0.2) is 6.10 Å². The number of benzene rings is 1. The monoisotopic (exact) mass is 365 g/mol. The third-order valence-corrected chi connectivity index (χ3v) is 4.79. The Morgan fingerprint density at radius 1 is 1.50 bits per heavy atom. The van der Waals surface area contributed by atoms with Crippen LogP contribution in [-0.2, 0) is 20.9 Å². The fourth-order valence-corrected chi connectivity index (χ4v) is 3.38. The summed E-state index contributed by atoms with van der Waals surface area (Å²) in [5, 5.41) is 8.89. The number of rotatable bonds is 4. The van der Waals surface area contributed by atoms with E-state index in [1.54, 1.807) is 24.3 Å². The predicted octanol–water partition coefficient (Wildman–Crippen LogP) is 1.98. The van der Waals surface area contributed by atoms with Gasteiger partial charge in [0.05, 0.1) is 23.3 Å². The van der Waals surface area contributed by atoms with Gasteiger partial charge >= 0.3 is 0 Å². The zero-order valence-electron chi connectivity index (χ0n) is 12.9. The van der Waals surface area contributed by atoms with E-state index in [-0.39, 0.29) is 18.4 Å². The number of carbonyl (C=O) groups is 2. The maximum Gasteiger partial charge on any atom is 0.251 e. The molecular weight excluding hydrogens is 350 g/mol. The molecule has 24 heavy (non-hydrogen) atoms. The standard InChI is InChI=1S/C16H16ClN3O3S/c1-9-19-10(8-24-9)6-18-16(22)15-14(20-13(21)7-23-15)11-4-2-3-5-12(11)17/h2-5,8,14-15H,6-7H2,1H3,(H,18,22)(H,20,21)/t14-,15+/m1/s1. The lowest BCUT2D eigenvalue weighted by Gasteiger charge is -2.32. The van der Waals surface area contributed by atoms with Gasteiger partial charge in [0, 0.05) is 10.4 Å². The van der Waals surface area contributed by atoms with Gasteiger partial charge in [0.2, 0.25) is 5.91 Å². The Morgan fingerprint density at radius 2 is 2.29 bits per heavy atom. The lowest BCUT2D eigenvalue weighted by Crippen LogP contribution is -2.52. The van der Waals surface area contributed by atoms with E-state index in [2.05, 4.69) is 15.6 Å². The number of thiazole rings is 1. The van der Waals surface area contributed by atoms with Crippen molar-refractivity contribution < 1.29 is 14.3 Å². The van der Waals surface area contributed by atoms with Crippen LogP contribution in [0.5, 0.6) is 0 Å². The Labute approximate surface area is 148 Å². The molecular formula is C16H16ClN3O3S. The van der Waals surface area contributed by atoms with Crippen molar-refractivity contribution in [2.75, 3.05) is 6.61 Å². The van der Waals surface area contributed by atoms with Gasteiger partial charge < -0.3 is 15.4 Å². The second-order valence-electron chi connectivity index (χ2n) is 5.37.